The summed E-state index contributed by atoms with van der Waals surface area (Å²) in [6.07, 6.45) is 0.267. The van der Waals surface area contributed by atoms with Crippen LogP contribution in [0.1, 0.15) is 33.3 Å². The fourth-order valence-electron chi connectivity index (χ4n) is 2.71. The van der Waals surface area contributed by atoms with E-state index in [-0.39, 0.29) is 36.0 Å². The van der Waals surface area contributed by atoms with E-state index in [4.69, 9.17) is 0 Å². The molecule has 7 heteroatoms. The summed E-state index contributed by atoms with van der Waals surface area (Å²) in [6.45, 7) is 10.8. The summed E-state index contributed by atoms with van der Waals surface area (Å²) in [6, 6.07) is 4.88. The zero-order valence-electron chi connectivity index (χ0n) is 15.8. The minimum absolute atomic E-state index is 0. The second-order valence-corrected chi connectivity index (χ2v) is 6.30. The minimum Gasteiger partial charge on any atom is -0.356 e. The van der Waals surface area contributed by atoms with Crippen molar-refractivity contribution < 1.29 is 8.78 Å². The van der Waals surface area contributed by atoms with Crippen molar-refractivity contribution in [3.05, 3.63) is 35.4 Å². The van der Waals surface area contributed by atoms with Crippen LogP contribution in [0.3, 0.4) is 0 Å². The third-order valence-electron chi connectivity index (χ3n) is 3.94. The van der Waals surface area contributed by atoms with Crippen LogP contribution in [-0.2, 0) is 6.42 Å². The molecule has 0 saturated heterocycles. The van der Waals surface area contributed by atoms with Gasteiger partial charge in [0.1, 0.15) is 11.6 Å². The third kappa shape index (κ3) is 8.31. The van der Waals surface area contributed by atoms with E-state index in [0.29, 0.717) is 24.6 Å². The van der Waals surface area contributed by atoms with E-state index in [1.165, 1.54) is 18.2 Å². The standard InChI is InChI=1S/C18H30F2N4.HI/c1-13(2)24(14(3)4)12-11-23-18(21-5)22-10-9-15-16(19)7-6-8-17(15)20;/h6-8,13-14H,9-12H2,1-5H3,(H2,21,22,23);1H. The maximum atomic E-state index is 13.6. The smallest absolute Gasteiger partial charge is 0.191 e. The average molecular weight is 468 g/mol. The van der Waals surface area contributed by atoms with Gasteiger partial charge in [0.05, 0.1) is 0 Å². The molecule has 0 bridgehead atoms. The van der Waals surface area contributed by atoms with Gasteiger partial charge in [-0.25, -0.2) is 8.78 Å². The minimum atomic E-state index is -0.510. The van der Waals surface area contributed by atoms with Crippen LogP contribution < -0.4 is 10.6 Å². The number of benzene rings is 1. The van der Waals surface area contributed by atoms with Crippen molar-refractivity contribution in [2.75, 3.05) is 26.7 Å². The second-order valence-electron chi connectivity index (χ2n) is 6.30. The van der Waals surface area contributed by atoms with Gasteiger partial charge in [-0.15, -0.1) is 24.0 Å². The molecule has 0 fully saturated rings. The largest absolute Gasteiger partial charge is 0.356 e. The fraction of sp³-hybridized carbons (Fsp3) is 0.611. The van der Waals surface area contributed by atoms with Crippen molar-refractivity contribution in [1.82, 2.24) is 15.5 Å². The highest BCUT2D eigenvalue weighted by Gasteiger charge is 2.13. The van der Waals surface area contributed by atoms with E-state index < -0.39 is 11.6 Å². The Kier molecular flexibility index (Phi) is 11.9. The Bertz CT molecular complexity index is 508. The number of nitrogens with one attached hydrogen (secondary N) is 2. The van der Waals surface area contributed by atoms with Gasteiger partial charge < -0.3 is 10.6 Å². The molecular formula is C18H31F2IN4. The Morgan fingerprint density at radius 2 is 1.56 bits per heavy atom. The molecule has 0 spiro atoms. The van der Waals surface area contributed by atoms with Gasteiger partial charge in [0.25, 0.3) is 0 Å². The van der Waals surface area contributed by atoms with Crippen LogP contribution in [0.15, 0.2) is 23.2 Å². The zero-order chi connectivity index (χ0) is 18.1. The van der Waals surface area contributed by atoms with E-state index in [0.717, 1.165) is 13.1 Å². The first-order valence-electron chi connectivity index (χ1n) is 8.50. The molecule has 0 amide bonds. The van der Waals surface area contributed by atoms with Crippen LogP contribution >= 0.6 is 24.0 Å². The molecular weight excluding hydrogens is 437 g/mol. The highest BCUT2D eigenvalue weighted by atomic mass is 127. The van der Waals surface area contributed by atoms with Crippen molar-refractivity contribution in [3.8, 4) is 0 Å². The first kappa shape index (κ1) is 24.0. The number of hydrogen-bond donors (Lipinski definition) is 2. The van der Waals surface area contributed by atoms with Crippen LogP contribution in [0.5, 0.6) is 0 Å². The van der Waals surface area contributed by atoms with E-state index in [1.807, 2.05) is 0 Å². The molecule has 0 saturated carbocycles. The highest BCUT2D eigenvalue weighted by Crippen LogP contribution is 2.11. The molecule has 0 aliphatic carbocycles. The van der Waals surface area contributed by atoms with Crippen molar-refractivity contribution in [3.63, 3.8) is 0 Å². The molecule has 1 rings (SSSR count). The van der Waals surface area contributed by atoms with E-state index in [1.54, 1.807) is 7.05 Å². The molecule has 0 heterocycles. The van der Waals surface area contributed by atoms with Crippen LogP contribution in [0.25, 0.3) is 0 Å². The third-order valence-corrected chi connectivity index (χ3v) is 3.94. The lowest BCUT2D eigenvalue weighted by atomic mass is 10.1. The van der Waals surface area contributed by atoms with Gasteiger partial charge in [0.15, 0.2) is 5.96 Å². The highest BCUT2D eigenvalue weighted by molar-refractivity contribution is 14.0. The molecule has 1 aromatic rings. The molecule has 4 nitrogen and oxygen atoms in total. The van der Waals surface area contributed by atoms with Gasteiger partial charge in [0.2, 0.25) is 0 Å². The lowest BCUT2D eigenvalue weighted by Gasteiger charge is -2.30. The van der Waals surface area contributed by atoms with E-state index in [2.05, 4.69) is 48.2 Å². The summed E-state index contributed by atoms with van der Waals surface area (Å²) in [7, 11) is 1.68. The molecule has 0 aliphatic heterocycles. The maximum absolute atomic E-state index is 13.6. The Morgan fingerprint density at radius 3 is 2.04 bits per heavy atom. The summed E-state index contributed by atoms with van der Waals surface area (Å²) in [5, 5.41) is 6.33. The van der Waals surface area contributed by atoms with Gasteiger partial charge in [-0.3, -0.25) is 9.89 Å². The van der Waals surface area contributed by atoms with E-state index in [9.17, 15) is 8.78 Å². The predicted molar refractivity (Wildman–Crippen MR) is 112 cm³/mol. The van der Waals surface area contributed by atoms with E-state index >= 15 is 0 Å². The fourth-order valence-corrected chi connectivity index (χ4v) is 2.71. The zero-order valence-corrected chi connectivity index (χ0v) is 18.1. The SMILES string of the molecule is CN=C(NCCc1c(F)cccc1F)NCCN(C(C)C)C(C)C.I. The first-order valence-corrected chi connectivity index (χ1v) is 8.50. The molecule has 0 radical (unpaired) electrons. The predicted octanol–water partition coefficient (Wildman–Crippen LogP) is 3.41. The lowest BCUT2D eigenvalue weighted by molar-refractivity contribution is 0.178. The molecule has 25 heavy (non-hydrogen) atoms. The number of hydrogen-bond acceptors (Lipinski definition) is 2. The normalized spacial score (nSPS) is 11.8. The number of halogens is 3. The first-order chi connectivity index (χ1) is 11.4. The Hall–Kier alpha value is -0.960. The lowest BCUT2D eigenvalue weighted by Crippen LogP contribution is -2.45. The number of aliphatic imine (C=N–C) groups is 1. The van der Waals surface area contributed by atoms with Gasteiger partial charge in [-0.2, -0.15) is 0 Å². The summed E-state index contributed by atoms with van der Waals surface area (Å²) in [4.78, 5) is 6.52. The molecule has 0 aliphatic rings. The number of rotatable bonds is 8. The molecule has 1 aromatic carbocycles. The monoisotopic (exact) mass is 468 g/mol. The van der Waals surface area contributed by atoms with Gasteiger partial charge in [-0.1, -0.05) is 6.07 Å². The maximum Gasteiger partial charge on any atom is 0.191 e. The molecule has 144 valence electrons. The number of guanidine groups is 1. The van der Waals surface area contributed by atoms with Crippen molar-refractivity contribution >= 4 is 29.9 Å². The number of nitrogens with zero attached hydrogens (tertiary/aromatic N) is 2. The van der Waals surface area contributed by atoms with Crippen LogP contribution in [-0.4, -0.2) is 49.6 Å². The van der Waals surface area contributed by atoms with Crippen molar-refractivity contribution in [1.29, 1.82) is 0 Å². The average Bonchev–Trinajstić information content (AvgIpc) is 2.51. The van der Waals surface area contributed by atoms with Gasteiger partial charge in [0, 0.05) is 44.3 Å². The second kappa shape index (κ2) is 12.4. The molecule has 0 atom stereocenters. The Balaban J connectivity index is 0.00000576. The quantitative estimate of drug-likeness (QED) is 0.349. The van der Waals surface area contributed by atoms with Crippen LogP contribution in [0.2, 0.25) is 0 Å². The summed E-state index contributed by atoms with van der Waals surface area (Å²) < 4.78 is 27.2. The topological polar surface area (TPSA) is 39.7 Å². The van der Waals surface area contributed by atoms with Crippen LogP contribution in [0, 0.1) is 11.6 Å². The van der Waals surface area contributed by atoms with Crippen LogP contribution in [0.4, 0.5) is 8.78 Å². The Morgan fingerprint density at radius 1 is 1.04 bits per heavy atom. The molecule has 0 aromatic heterocycles. The van der Waals surface area contributed by atoms with Gasteiger partial charge >= 0.3 is 0 Å². The van der Waals surface area contributed by atoms with Crippen molar-refractivity contribution in [2.45, 2.75) is 46.2 Å². The van der Waals surface area contributed by atoms with Gasteiger partial charge in [-0.05, 0) is 46.2 Å². The Labute approximate surface area is 167 Å². The molecule has 0 unspecified atom stereocenters. The summed E-state index contributed by atoms with van der Waals surface area (Å²) in [5.74, 6) is -0.382. The summed E-state index contributed by atoms with van der Waals surface area (Å²) in [5.41, 5.74) is 0.103. The molecule has 2 N–H and O–H groups in total. The van der Waals surface area contributed by atoms with Crippen molar-refractivity contribution in [2.24, 2.45) is 4.99 Å². The summed E-state index contributed by atoms with van der Waals surface area (Å²) >= 11 is 0.